The first-order valence-electron chi connectivity index (χ1n) is 46.5. The zero-order chi connectivity index (χ0) is 81.8. The van der Waals surface area contributed by atoms with E-state index in [0.717, 1.165) is 59.4 Å². The monoisotopic (exact) mass is 1570 g/mol. The zero-order valence-electron chi connectivity index (χ0n) is 72.9. The summed E-state index contributed by atoms with van der Waals surface area (Å²) >= 11 is 0. The summed E-state index contributed by atoms with van der Waals surface area (Å²) in [7, 11) is 0. The molecule has 20 rings (SSSR count). The lowest BCUT2D eigenvalue weighted by Gasteiger charge is -2.35. The van der Waals surface area contributed by atoms with Crippen LogP contribution in [-0.2, 0) is 27.1 Å². The molecule has 15 aromatic rings. The first kappa shape index (κ1) is 77.8. The lowest BCUT2D eigenvalue weighted by molar-refractivity contribution is 0.399. The van der Waals surface area contributed by atoms with Crippen LogP contribution in [0.1, 0.15) is 279 Å². The lowest BCUT2D eigenvalue weighted by atomic mass is 9.70. The van der Waals surface area contributed by atoms with E-state index >= 15 is 0 Å². The topological polar surface area (TPSA) is 29.5 Å². The second-order valence-corrected chi connectivity index (χ2v) is 38.2. The predicted octanol–water partition coefficient (Wildman–Crippen LogP) is 34.9. The lowest BCUT2D eigenvalue weighted by Crippen LogP contribution is -2.26. The van der Waals surface area contributed by atoms with Gasteiger partial charge in [-0.25, -0.2) is 0 Å². The molecule has 0 saturated carbocycles. The maximum atomic E-state index is 7.21. The Morgan fingerprint density at radius 3 is 1.18 bits per heavy atom. The molecule has 2 heterocycles. The summed E-state index contributed by atoms with van der Waals surface area (Å²) in [4.78, 5) is 2.63. The van der Waals surface area contributed by atoms with E-state index in [4.69, 9.17) is 8.83 Å². The molecule has 0 fully saturated rings. The largest absolute Gasteiger partial charge is 0.455 e. The van der Waals surface area contributed by atoms with Crippen LogP contribution in [-0.4, -0.2) is 0 Å². The van der Waals surface area contributed by atoms with Gasteiger partial charge in [0.1, 0.15) is 22.3 Å². The average Bonchev–Trinajstić information content (AvgIpc) is 1.53. The minimum atomic E-state index is -0.393. The Bertz CT molecular complexity index is 6430. The molecule has 0 saturated heterocycles. The molecule has 5 aliphatic rings. The molecule has 3 heteroatoms. The molecule has 0 amide bonds. The molecule has 0 radical (unpaired) electrons. The molecule has 0 atom stereocenters. The molecule has 0 aliphatic heterocycles. The highest BCUT2D eigenvalue weighted by atomic mass is 16.3. The smallest absolute Gasteiger partial charge is 0.144 e. The minimum Gasteiger partial charge on any atom is -0.455 e. The Hall–Kier alpha value is -10.7. The first-order valence-corrected chi connectivity index (χ1v) is 46.5. The van der Waals surface area contributed by atoms with Crippen molar-refractivity contribution in [3.63, 3.8) is 0 Å². The number of para-hydroxylation sites is 2. The van der Waals surface area contributed by atoms with Gasteiger partial charge in [-0.15, -0.1) is 0 Å². The fourth-order valence-corrected chi connectivity index (χ4v) is 23.9. The van der Waals surface area contributed by atoms with Gasteiger partial charge in [-0.1, -0.05) is 374 Å². The van der Waals surface area contributed by atoms with E-state index in [2.05, 4.69) is 323 Å². The highest BCUT2D eigenvalue weighted by Crippen LogP contribution is 2.66. The number of fused-ring (bicyclic) bond motifs is 25. The van der Waals surface area contributed by atoms with Crippen molar-refractivity contribution >= 4 is 60.9 Å². The van der Waals surface area contributed by atoms with E-state index in [1.54, 1.807) is 11.1 Å². The van der Waals surface area contributed by atoms with Crippen LogP contribution in [0.4, 0.5) is 17.1 Å². The van der Waals surface area contributed by atoms with E-state index in [0.29, 0.717) is 0 Å². The van der Waals surface area contributed by atoms with Gasteiger partial charge in [0.05, 0.1) is 0 Å². The molecular formula is C117H119NO2. The summed E-state index contributed by atoms with van der Waals surface area (Å²) in [6.45, 7) is 24.3. The minimum absolute atomic E-state index is 0.0319. The Balaban J connectivity index is 0.722. The van der Waals surface area contributed by atoms with E-state index in [9.17, 15) is 0 Å². The van der Waals surface area contributed by atoms with Gasteiger partial charge < -0.3 is 13.7 Å². The number of hydrogen-bond acceptors (Lipinski definition) is 3. The number of hydrogen-bond donors (Lipinski definition) is 0. The van der Waals surface area contributed by atoms with Crippen molar-refractivity contribution in [2.24, 2.45) is 0 Å². The van der Waals surface area contributed by atoms with Crippen LogP contribution in [0.2, 0.25) is 0 Å². The third-order valence-electron chi connectivity index (χ3n) is 30.0. The van der Waals surface area contributed by atoms with Crippen molar-refractivity contribution in [3.05, 3.63) is 304 Å². The second-order valence-electron chi connectivity index (χ2n) is 38.2. The molecule has 5 aliphatic carbocycles. The number of nitrogens with zero attached hydrogens (tertiary/aromatic N) is 1. The number of furan rings is 2. The molecule has 3 nitrogen and oxygen atoms in total. The van der Waals surface area contributed by atoms with E-state index in [-0.39, 0.29) is 21.7 Å². The maximum Gasteiger partial charge on any atom is 0.144 e. The number of anilines is 3. The predicted molar refractivity (Wildman–Crippen MR) is 511 cm³/mol. The van der Waals surface area contributed by atoms with Gasteiger partial charge >= 0.3 is 0 Å². The van der Waals surface area contributed by atoms with Gasteiger partial charge in [-0.2, -0.15) is 0 Å². The van der Waals surface area contributed by atoms with Crippen LogP contribution >= 0.6 is 0 Å². The van der Waals surface area contributed by atoms with Crippen LogP contribution < -0.4 is 4.90 Å². The van der Waals surface area contributed by atoms with E-state index < -0.39 is 5.41 Å². The first-order chi connectivity index (χ1) is 58.6. The van der Waals surface area contributed by atoms with Crippen molar-refractivity contribution in [3.8, 4) is 89.0 Å². The van der Waals surface area contributed by atoms with Crippen molar-refractivity contribution in [2.45, 2.75) is 250 Å². The molecular weight excluding hydrogens is 1450 g/mol. The molecule has 0 spiro atoms. The number of unbranched alkanes of at least 4 members (excludes halogenated alkanes) is 16. The van der Waals surface area contributed by atoms with Gasteiger partial charge in [0.15, 0.2) is 0 Å². The van der Waals surface area contributed by atoms with Crippen molar-refractivity contribution < 1.29 is 8.83 Å². The zero-order valence-corrected chi connectivity index (χ0v) is 72.9. The summed E-state index contributed by atoms with van der Waals surface area (Å²) in [6.07, 6.45) is 29.9. The van der Waals surface area contributed by atoms with Gasteiger partial charge in [0, 0.05) is 76.8 Å². The van der Waals surface area contributed by atoms with Crippen LogP contribution in [0.15, 0.2) is 258 Å². The normalized spacial score (nSPS) is 15.2. The molecule has 0 unspecified atom stereocenters. The van der Waals surface area contributed by atoms with E-state index in [1.165, 1.54) is 289 Å². The van der Waals surface area contributed by atoms with Gasteiger partial charge in [0.2, 0.25) is 0 Å². The van der Waals surface area contributed by atoms with Crippen LogP contribution in [0.3, 0.4) is 0 Å². The summed E-state index contributed by atoms with van der Waals surface area (Å²) in [5.41, 5.74) is 41.6. The fraction of sp³-hybridized carbons (Fsp3) is 0.333. The van der Waals surface area contributed by atoms with E-state index in [1.807, 2.05) is 0 Å². The maximum absolute atomic E-state index is 7.21. The molecule has 604 valence electrons. The summed E-state index contributed by atoms with van der Waals surface area (Å²) in [6, 6.07) is 97.3. The van der Waals surface area contributed by atoms with Gasteiger partial charge in [-0.05, 0) is 232 Å². The Morgan fingerprint density at radius 1 is 0.242 bits per heavy atom. The standard InChI is InChI=1S/C117H119NO2/c1-11-15-19-23-38-66-116(67-39-24-20-16-12-2)95-49-35-30-44-84(95)87-63-56-80(72-99(87)116)79-55-62-86-85-61-54-78(70-96(85)113(5,6)97(86)71-79)76-52-57-81(58-53-76)118(82-59-64-89-98(73-82)115(9,10)109-105(89)107-92-47-33-37-51-103(92)120-112(107)108-88-45-31-34-48-94(88)114(7,8)110(108)109)83-60-65-90-100(74-83)117(68-40-25-21-17-13-3,69-41-26-22-18-14-4)101-75-93(77-42-28-27-29-43-77)111-106(104(90)101)91-46-32-36-50-102(91)119-111/h27-37,42-65,70-75H,11-26,38-41,66-69H2,1-10H3. The van der Waals surface area contributed by atoms with Gasteiger partial charge in [0.25, 0.3) is 0 Å². The molecule has 0 N–H and O–H groups in total. The Labute approximate surface area is 713 Å². The highest BCUT2D eigenvalue weighted by molar-refractivity contribution is 6.22. The molecule has 13 aromatic carbocycles. The Morgan fingerprint density at radius 2 is 0.617 bits per heavy atom. The highest BCUT2D eigenvalue weighted by Gasteiger charge is 2.51. The number of rotatable bonds is 30. The third-order valence-corrected chi connectivity index (χ3v) is 30.0. The average molecular weight is 1570 g/mol. The summed E-state index contributed by atoms with van der Waals surface area (Å²) < 4.78 is 14.4. The second kappa shape index (κ2) is 31.1. The number of benzene rings is 13. The van der Waals surface area contributed by atoms with Gasteiger partial charge in [-0.3, -0.25) is 0 Å². The van der Waals surface area contributed by atoms with Crippen LogP contribution in [0, 0.1) is 0 Å². The SMILES string of the molecule is CCCCCCCC1(CCCCCCC)c2ccccc2-c2ccc(-c3ccc4c(c3)C(C)(C)c3cc(-c5ccc(N(c6ccc7c(c6)C(C)(C)c6c8c(c9oc%10ccccc%10c9c6-7)-c6ccccc6C8(C)C)c6ccc7c(c6)C(CCCCCCC)(CCCCCCC)c6cc(-c8ccccc8)c8oc9ccccc9c8c6-7)cc5)ccc3-4)cc21. The quantitative estimate of drug-likeness (QED) is 0.0420. The van der Waals surface area contributed by atoms with Crippen molar-refractivity contribution in [2.75, 3.05) is 4.90 Å². The van der Waals surface area contributed by atoms with Crippen molar-refractivity contribution in [1.82, 2.24) is 0 Å². The molecule has 2 aromatic heterocycles. The summed E-state index contributed by atoms with van der Waals surface area (Å²) in [5.74, 6) is 0. The fourth-order valence-electron chi connectivity index (χ4n) is 23.9. The van der Waals surface area contributed by atoms with Crippen molar-refractivity contribution in [1.29, 1.82) is 0 Å². The van der Waals surface area contributed by atoms with Crippen LogP contribution in [0.25, 0.3) is 133 Å². The van der Waals surface area contributed by atoms with Crippen LogP contribution in [0.5, 0.6) is 0 Å². The third kappa shape index (κ3) is 12.4. The Kier molecular flexibility index (Phi) is 20.1. The summed E-state index contributed by atoms with van der Waals surface area (Å²) in [5, 5.41) is 4.84. The molecule has 120 heavy (non-hydrogen) atoms. The molecule has 0 bridgehead atoms.